The van der Waals surface area contributed by atoms with Gasteiger partial charge in [0.2, 0.25) is 0 Å². The molecule has 0 fully saturated rings. The molecule has 0 bridgehead atoms. The highest BCUT2D eigenvalue weighted by Gasteiger charge is 2.10. The molecule has 4 N–H and O–H groups in total. The molecule has 0 aliphatic carbocycles. The molecule has 0 atom stereocenters. The van der Waals surface area contributed by atoms with Gasteiger partial charge >= 0.3 is 0 Å². The number of aryl methyl sites for hydroxylation is 2. The van der Waals surface area contributed by atoms with E-state index in [-0.39, 0.29) is 0 Å². The second-order valence-corrected chi connectivity index (χ2v) is 6.10. The van der Waals surface area contributed by atoms with Crippen LogP contribution in [0.3, 0.4) is 0 Å². The number of aromatic nitrogens is 2. The van der Waals surface area contributed by atoms with Crippen LogP contribution in [0.1, 0.15) is 32.2 Å². The quantitative estimate of drug-likeness (QED) is 0.320. The Balaban J connectivity index is 2.95. The highest BCUT2D eigenvalue weighted by atomic mass is 32.1. The third-order valence-electron chi connectivity index (χ3n) is 3.11. The molecule has 0 aliphatic rings. The Bertz CT molecular complexity index is 662. The molecule has 138 valence electrons. The van der Waals surface area contributed by atoms with Gasteiger partial charge < -0.3 is 10.6 Å². The van der Waals surface area contributed by atoms with Gasteiger partial charge in [-0.1, -0.05) is 0 Å². The van der Waals surface area contributed by atoms with Gasteiger partial charge in [-0.25, -0.2) is 0 Å². The summed E-state index contributed by atoms with van der Waals surface area (Å²) in [4.78, 5) is 0. The van der Waals surface area contributed by atoms with Crippen molar-refractivity contribution >= 4 is 46.1 Å². The summed E-state index contributed by atoms with van der Waals surface area (Å²) < 4.78 is 1.87. The number of nitrogens with one attached hydrogen (secondary N) is 4. The standard InChI is InChI=1S/C15H26N8S2/c1-6-16-14(24)20-18-12(5)13(19-21-15(25)17-7-2)9-23-11(4)8-10(3)22-23/h8H,6-7,9H2,1-5H3,(H2,16,20,24)(H2,17,21,25)/b18-12+,19-13+. The van der Waals surface area contributed by atoms with E-state index in [0.29, 0.717) is 28.2 Å². The molecular formula is C15H26N8S2. The number of hydrogen-bond acceptors (Lipinski definition) is 5. The van der Waals surface area contributed by atoms with Crippen molar-refractivity contribution < 1.29 is 0 Å². The van der Waals surface area contributed by atoms with Crippen molar-refractivity contribution in [2.75, 3.05) is 13.1 Å². The first-order valence-electron chi connectivity index (χ1n) is 8.07. The molecule has 0 saturated carbocycles. The lowest BCUT2D eigenvalue weighted by molar-refractivity contribution is 0.691. The molecule has 1 aromatic heterocycles. The first-order chi connectivity index (χ1) is 11.9. The van der Waals surface area contributed by atoms with Crippen molar-refractivity contribution in [3.8, 4) is 0 Å². The second kappa shape index (κ2) is 10.7. The number of thiocarbonyl (C=S) groups is 2. The Morgan fingerprint density at radius 2 is 1.64 bits per heavy atom. The molecule has 25 heavy (non-hydrogen) atoms. The monoisotopic (exact) mass is 382 g/mol. The van der Waals surface area contributed by atoms with Gasteiger partial charge in [0.25, 0.3) is 0 Å². The molecule has 10 heteroatoms. The number of hydrazone groups is 2. The van der Waals surface area contributed by atoms with Crippen LogP contribution < -0.4 is 21.5 Å². The van der Waals surface area contributed by atoms with Crippen molar-refractivity contribution in [2.45, 2.75) is 41.2 Å². The van der Waals surface area contributed by atoms with E-state index in [9.17, 15) is 0 Å². The maximum Gasteiger partial charge on any atom is 0.186 e. The fourth-order valence-electron chi connectivity index (χ4n) is 1.93. The molecule has 0 aromatic carbocycles. The minimum atomic E-state index is 0.456. The van der Waals surface area contributed by atoms with Crippen LogP contribution in [0.15, 0.2) is 16.3 Å². The Morgan fingerprint density at radius 1 is 1.08 bits per heavy atom. The SMILES string of the molecule is CCNC(=S)N/N=C(C)/C(Cn1nc(C)cc1C)=N/NC(=S)NCC. The van der Waals surface area contributed by atoms with Gasteiger partial charge in [-0.15, -0.1) is 0 Å². The number of hydrogen-bond donors (Lipinski definition) is 4. The summed E-state index contributed by atoms with van der Waals surface area (Å²) in [6.07, 6.45) is 0. The fourth-order valence-corrected chi connectivity index (χ4v) is 2.31. The molecule has 0 spiro atoms. The van der Waals surface area contributed by atoms with E-state index in [1.54, 1.807) is 0 Å². The van der Waals surface area contributed by atoms with Gasteiger partial charge in [0.15, 0.2) is 10.2 Å². The lowest BCUT2D eigenvalue weighted by Crippen LogP contribution is -2.35. The van der Waals surface area contributed by atoms with Crippen molar-refractivity contribution in [1.29, 1.82) is 0 Å². The van der Waals surface area contributed by atoms with E-state index >= 15 is 0 Å². The predicted molar refractivity (Wildman–Crippen MR) is 111 cm³/mol. The van der Waals surface area contributed by atoms with Crippen LogP contribution in [0, 0.1) is 13.8 Å². The van der Waals surface area contributed by atoms with Crippen molar-refractivity contribution in [1.82, 2.24) is 31.3 Å². The lowest BCUT2D eigenvalue weighted by atomic mass is 10.2. The minimum absolute atomic E-state index is 0.456. The second-order valence-electron chi connectivity index (χ2n) is 5.28. The zero-order valence-electron chi connectivity index (χ0n) is 15.3. The Kier molecular flexibility index (Phi) is 9.00. The molecule has 1 aromatic rings. The van der Waals surface area contributed by atoms with Crippen LogP contribution in [0.5, 0.6) is 0 Å². The summed E-state index contributed by atoms with van der Waals surface area (Å²) in [7, 11) is 0. The summed E-state index contributed by atoms with van der Waals surface area (Å²) in [6, 6.07) is 2.01. The molecule has 0 aliphatic heterocycles. The van der Waals surface area contributed by atoms with Gasteiger partial charge in [0.05, 0.1) is 18.0 Å². The average molecular weight is 383 g/mol. The van der Waals surface area contributed by atoms with Crippen LogP contribution in [0.25, 0.3) is 0 Å². The zero-order valence-corrected chi connectivity index (χ0v) is 16.9. The van der Waals surface area contributed by atoms with E-state index in [1.807, 2.05) is 45.4 Å². The maximum absolute atomic E-state index is 5.16. The molecule has 1 rings (SSSR count). The largest absolute Gasteiger partial charge is 0.362 e. The smallest absolute Gasteiger partial charge is 0.186 e. The first kappa shape index (κ1) is 21.0. The first-order valence-corrected chi connectivity index (χ1v) is 8.88. The van der Waals surface area contributed by atoms with E-state index in [1.165, 1.54) is 0 Å². The third-order valence-corrected chi connectivity index (χ3v) is 3.58. The molecular weight excluding hydrogens is 356 g/mol. The summed E-state index contributed by atoms with van der Waals surface area (Å²) >= 11 is 10.3. The van der Waals surface area contributed by atoms with Crippen LogP contribution in [0.2, 0.25) is 0 Å². The molecule has 0 saturated heterocycles. The van der Waals surface area contributed by atoms with E-state index < -0.39 is 0 Å². The Morgan fingerprint density at radius 3 is 2.12 bits per heavy atom. The van der Waals surface area contributed by atoms with Gasteiger partial charge in [-0.3, -0.25) is 15.5 Å². The van der Waals surface area contributed by atoms with Crippen molar-refractivity contribution in [3.05, 3.63) is 17.5 Å². The van der Waals surface area contributed by atoms with E-state index in [2.05, 4.69) is 36.8 Å². The van der Waals surface area contributed by atoms with Gasteiger partial charge in [0.1, 0.15) is 5.71 Å². The molecule has 0 amide bonds. The molecule has 0 radical (unpaired) electrons. The number of rotatable bonds is 7. The molecule has 0 unspecified atom stereocenters. The lowest BCUT2D eigenvalue weighted by Gasteiger charge is -2.11. The minimum Gasteiger partial charge on any atom is -0.362 e. The summed E-state index contributed by atoms with van der Waals surface area (Å²) in [6.45, 7) is 11.6. The van der Waals surface area contributed by atoms with Crippen LogP contribution >= 0.6 is 24.4 Å². The highest BCUT2D eigenvalue weighted by Crippen LogP contribution is 2.02. The maximum atomic E-state index is 5.16. The van der Waals surface area contributed by atoms with Crippen LogP contribution in [-0.4, -0.2) is 44.5 Å². The predicted octanol–water partition coefficient (Wildman–Crippen LogP) is 1.20. The normalized spacial score (nSPS) is 11.9. The van der Waals surface area contributed by atoms with Crippen LogP contribution in [0.4, 0.5) is 0 Å². The highest BCUT2D eigenvalue weighted by molar-refractivity contribution is 7.80. The zero-order chi connectivity index (χ0) is 18.8. The topological polar surface area (TPSA) is 90.7 Å². The molecule has 8 nitrogen and oxygen atoms in total. The third kappa shape index (κ3) is 7.57. The summed E-state index contributed by atoms with van der Waals surface area (Å²) in [5.41, 5.74) is 9.01. The van der Waals surface area contributed by atoms with Crippen LogP contribution in [-0.2, 0) is 6.54 Å². The Labute approximate surface area is 159 Å². The van der Waals surface area contributed by atoms with E-state index in [0.717, 1.165) is 24.5 Å². The Hall–Kier alpha value is -2.07. The van der Waals surface area contributed by atoms with Gasteiger partial charge in [-0.05, 0) is 65.1 Å². The summed E-state index contributed by atoms with van der Waals surface area (Å²) in [5, 5.41) is 20.0. The summed E-state index contributed by atoms with van der Waals surface area (Å²) in [5.74, 6) is 0. The molecule has 1 heterocycles. The van der Waals surface area contributed by atoms with Crippen molar-refractivity contribution in [2.24, 2.45) is 10.2 Å². The van der Waals surface area contributed by atoms with E-state index in [4.69, 9.17) is 24.4 Å². The number of nitrogens with zero attached hydrogens (tertiary/aromatic N) is 4. The van der Waals surface area contributed by atoms with Gasteiger partial charge in [0, 0.05) is 18.8 Å². The average Bonchev–Trinajstić information content (AvgIpc) is 2.87. The van der Waals surface area contributed by atoms with Gasteiger partial charge in [-0.2, -0.15) is 15.3 Å². The van der Waals surface area contributed by atoms with Crippen molar-refractivity contribution in [3.63, 3.8) is 0 Å². The fraction of sp³-hybridized carbons (Fsp3) is 0.533.